The molecule has 182 valence electrons. The summed E-state index contributed by atoms with van der Waals surface area (Å²) in [6, 6.07) is 22.2. The zero-order valence-electron chi connectivity index (χ0n) is 20.5. The Kier molecular flexibility index (Phi) is 6.51. The number of rotatable bonds is 5. The molecule has 1 aromatic heterocycles. The van der Waals surface area contributed by atoms with E-state index >= 15 is 0 Å². The van der Waals surface area contributed by atoms with Gasteiger partial charge in [-0.3, -0.25) is 0 Å². The van der Waals surface area contributed by atoms with Crippen LogP contribution < -0.4 is 0 Å². The Hall–Kier alpha value is -2.60. The number of halogens is 1. The normalized spacial score (nSPS) is 15.7. The number of benzene rings is 3. The highest BCUT2D eigenvalue weighted by atomic mass is 35.5. The molecular formula is C29H31ClN2O2S. The van der Waals surface area contributed by atoms with Crippen LogP contribution in [0.25, 0.3) is 10.9 Å². The summed E-state index contributed by atoms with van der Waals surface area (Å²) < 4.78 is 30.8. The minimum Gasteiger partial charge on any atom is -0.340 e. The lowest BCUT2D eigenvalue weighted by atomic mass is 9.88. The Morgan fingerprint density at radius 1 is 0.914 bits per heavy atom. The fourth-order valence-corrected chi connectivity index (χ4v) is 7.36. The lowest BCUT2D eigenvalue weighted by Gasteiger charge is -2.32. The van der Waals surface area contributed by atoms with Crippen molar-refractivity contribution < 1.29 is 8.42 Å². The summed E-state index contributed by atoms with van der Waals surface area (Å²) in [6.07, 6.45) is 1.64. The van der Waals surface area contributed by atoms with Gasteiger partial charge < -0.3 is 4.57 Å². The quantitative estimate of drug-likeness (QED) is 0.297. The molecule has 0 unspecified atom stereocenters. The van der Waals surface area contributed by atoms with Crippen molar-refractivity contribution in [3.63, 3.8) is 0 Å². The van der Waals surface area contributed by atoms with Gasteiger partial charge in [0.25, 0.3) is 0 Å². The third-order valence-corrected chi connectivity index (χ3v) is 9.65. The molecule has 35 heavy (non-hydrogen) atoms. The van der Waals surface area contributed by atoms with Crippen molar-refractivity contribution in [1.82, 2.24) is 8.87 Å². The van der Waals surface area contributed by atoms with E-state index in [-0.39, 0.29) is 0 Å². The standard InChI is InChI=1S/C29H31ClN2O2S/c1-20-8-13-28(21(2)18-20)35(33,34)31-16-14-24(15-17-31)29-22(3)32(27-7-5-4-6-26(27)29)19-23-9-11-25(30)12-10-23/h4-13,18,24H,14-17,19H2,1-3H3. The molecule has 0 amide bonds. The fourth-order valence-electron chi connectivity index (χ4n) is 5.56. The van der Waals surface area contributed by atoms with Crippen LogP contribution in [0.1, 0.15) is 46.7 Å². The van der Waals surface area contributed by atoms with Crippen molar-refractivity contribution in [2.24, 2.45) is 0 Å². The van der Waals surface area contributed by atoms with Gasteiger partial charge in [-0.2, -0.15) is 4.31 Å². The van der Waals surface area contributed by atoms with Crippen molar-refractivity contribution in [2.45, 2.75) is 51.0 Å². The first-order valence-electron chi connectivity index (χ1n) is 12.2. The first kappa shape index (κ1) is 24.1. The van der Waals surface area contributed by atoms with Crippen molar-refractivity contribution in [1.29, 1.82) is 0 Å². The average Bonchev–Trinajstić information content (AvgIpc) is 3.11. The number of aromatic nitrogens is 1. The van der Waals surface area contributed by atoms with Crippen LogP contribution in [0.15, 0.2) is 71.6 Å². The molecule has 0 N–H and O–H groups in total. The molecule has 1 aliphatic rings. The Morgan fingerprint density at radius 2 is 1.60 bits per heavy atom. The van der Waals surface area contributed by atoms with E-state index in [4.69, 9.17) is 11.6 Å². The van der Waals surface area contributed by atoms with Crippen LogP contribution in [0.2, 0.25) is 5.02 Å². The van der Waals surface area contributed by atoms with E-state index in [2.05, 4.69) is 47.9 Å². The van der Waals surface area contributed by atoms with Gasteiger partial charge in [-0.25, -0.2) is 8.42 Å². The second-order valence-electron chi connectivity index (χ2n) is 9.68. The van der Waals surface area contributed by atoms with Crippen molar-refractivity contribution in [2.75, 3.05) is 13.1 Å². The molecule has 1 fully saturated rings. The molecule has 4 aromatic rings. The smallest absolute Gasteiger partial charge is 0.243 e. The van der Waals surface area contributed by atoms with Crippen LogP contribution in [0.5, 0.6) is 0 Å². The van der Waals surface area contributed by atoms with Crippen molar-refractivity contribution in [3.8, 4) is 0 Å². The van der Waals surface area contributed by atoms with E-state index in [1.54, 1.807) is 10.4 Å². The van der Waals surface area contributed by atoms with E-state index in [0.717, 1.165) is 35.5 Å². The van der Waals surface area contributed by atoms with Crippen LogP contribution in [0, 0.1) is 20.8 Å². The molecule has 3 aromatic carbocycles. The van der Waals surface area contributed by atoms with Crippen molar-refractivity contribution >= 4 is 32.5 Å². The molecule has 0 aliphatic carbocycles. The Morgan fingerprint density at radius 3 is 2.29 bits per heavy atom. The molecule has 1 saturated heterocycles. The van der Waals surface area contributed by atoms with Gasteiger partial charge in [0.05, 0.1) is 4.90 Å². The summed E-state index contributed by atoms with van der Waals surface area (Å²) >= 11 is 6.09. The highest BCUT2D eigenvalue weighted by molar-refractivity contribution is 7.89. The third kappa shape index (κ3) is 4.53. The van der Waals surface area contributed by atoms with Crippen molar-refractivity contribution in [3.05, 3.63) is 99.7 Å². The largest absolute Gasteiger partial charge is 0.340 e. The zero-order chi connectivity index (χ0) is 24.7. The van der Waals surface area contributed by atoms with Crippen LogP contribution in [-0.2, 0) is 16.6 Å². The Labute approximate surface area is 213 Å². The first-order chi connectivity index (χ1) is 16.8. The number of sulfonamides is 1. The molecule has 0 saturated carbocycles. The number of hydrogen-bond donors (Lipinski definition) is 0. The van der Waals surface area contributed by atoms with Gasteiger partial charge >= 0.3 is 0 Å². The van der Waals surface area contributed by atoms with E-state index in [1.165, 1.54) is 27.7 Å². The summed E-state index contributed by atoms with van der Waals surface area (Å²) in [4.78, 5) is 0.428. The maximum absolute atomic E-state index is 13.4. The number of aryl methyl sites for hydroxylation is 2. The second kappa shape index (κ2) is 9.45. The summed E-state index contributed by atoms with van der Waals surface area (Å²) in [7, 11) is -3.49. The van der Waals surface area contributed by atoms with Crippen LogP contribution in [-0.4, -0.2) is 30.4 Å². The molecule has 0 spiro atoms. The molecular weight excluding hydrogens is 476 g/mol. The number of nitrogens with zero attached hydrogens (tertiary/aromatic N) is 2. The van der Waals surface area contributed by atoms with Gasteiger partial charge in [-0.05, 0) is 80.5 Å². The summed E-state index contributed by atoms with van der Waals surface area (Å²) in [5, 5.41) is 2.01. The molecule has 2 heterocycles. The number of para-hydroxylation sites is 1. The third-order valence-electron chi connectivity index (χ3n) is 7.34. The van der Waals surface area contributed by atoms with E-state index in [0.29, 0.717) is 23.9 Å². The van der Waals surface area contributed by atoms with Crippen LogP contribution in [0.4, 0.5) is 0 Å². The Balaban J connectivity index is 1.42. The van der Waals surface area contributed by atoms with Gasteiger partial charge in [0.1, 0.15) is 0 Å². The van der Waals surface area contributed by atoms with Gasteiger partial charge in [0.15, 0.2) is 0 Å². The molecule has 6 heteroatoms. The molecule has 0 bridgehead atoms. The van der Waals surface area contributed by atoms with Crippen LogP contribution >= 0.6 is 11.6 Å². The maximum atomic E-state index is 13.4. The zero-order valence-corrected chi connectivity index (χ0v) is 22.0. The van der Waals surface area contributed by atoms with E-state index in [9.17, 15) is 8.42 Å². The minimum absolute atomic E-state index is 0.330. The van der Waals surface area contributed by atoms with E-state index in [1.807, 2.05) is 38.1 Å². The summed E-state index contributed by atoms with van der Waals surface area (Å²) in [5.41, 5.74) is 6.94. The van der Waals surface area contributed by atoms with Gasteiger partial charge in [-0.15, -0.1) is 0 Å². The van der Waals surface area contributed by atoms with E-state index < -0.39 is 10.0 Å². The minimum atomic E-state index is -3.49. The van der Waals surface area contributed by atoms with Crippen LogP contribution in [0.3, 0.4) is 0 Å². The maximum Gasteiger partial charge on any atom is 0.243 e. The van der Waals surface area contributed by atoms with Gasteiger partial charge in [-0.1, -0.05) is 59.6 Å². The predicted octanol–water partition coefficient (Wildman–Crippen LogP) is 6.84. The number of hydrogen-bond acceptors (Lipinski definition) is 2. The summed E-state index contributed by atoms with van der Waals surface area (Å²) in [5.74, 6) is 0.330. The van der Waals surface area contributed by atoms with Gasteiger partial charge in [0.2, 0.25) is 10.0 Å². The monoisotopic (exact) mass is 506 g/mol. The van der Waals surface area contributed by atoms with Gasteiger partial charge in [0, 0.05) is 41.3 Å². The molecule has 0 atom stereocenters. The molecule has 1 aliphatic heterocycles. The lowest BCUT2D eigenvalue weighted by molar-refractivity contribution is 0.319. The number of piperidine rings is 1. The topological polar surface area (TPSA) is 42.3 Å². The predicted molar refractivity (Wildman–Crippen MR) is 144 cm³/mol. The Bertz CT molecular complexity index is 1480. The SMILES string of the molecule is Cc1ccc(S(=O)(=O)N2CCC(c3c(C)n(Cc4ccc(Cl)cc4)c4ccccc34)CC2)c(C)c1. The average molecular weight is 507 g/mol. The molecule has 0 radical (unpaired) electrons. The number of fused-ring (bicyclic) bond motifs is 1. The molecule has 5 rings (SSSR count). The first-order valence-corrected chi connectivity index (χ1v) is 14.0. The lowest BCUT2D eigenvalue weighted by Crippen LogP contribution is -2.38. The second-order valence-corrected chi connectivity index (χ2v) is 12.0. The summed E-state index contributed by atoms with van der Waals surface area (Å²) in [6.45, 7) is 7.92. The highest BCUT2D eigenvalue weighted by Crippen LogP contribution is 2.39. The highest BCUT2D eigenvalue weighted by Gasteiger charge is 2.32. The fraction of sp³-hybridized carbons (Fsp3) is 0.310. The molecule has 4 nitrogen and oxygen atoms in total.